The lowest BCUT2D eigenvalue weighted by Gasteiger charge is -2.07. The molecule has 1 N–H and O–H groups in total. The number of hydrogen-bond donors (Lipinski definition) is 1. The number of allylic oxidation sites excluding steroid dienone is 1. The Hall–Kier alpha value is -2.21. The van der Waals surface area contributed by atoms with Crippen molar-refractivity contribution in [2.24, 2.45) is 0 Å². The van der Waals surface area contributed by atoms with E-state index in [-0.39, 0.29) is 11.0 Å². The summed E-state index contributed by atoms with van der Waals surface area (Å²) in [7, 11) is 0. The van der Waals surface area contributed by atoms with E-state index in [1.165, 1.54) is 12.1 Å². The standard InChI is InChI=1S/C13H13ClN4O2/c1-8(2)5-6-15-12-10-7-9(18(19)20)3-4-11(10)16-13(14)17-12/h3-5,7H,6H2,1-2H3,(H,15,16,17). The summed E-state index contributed by atoms with van der Waals surface area (Å²) in [6.45, 7) is 4.53. The first kappa shape index (κ1) is 14.2. The Morgan fingerprint density at radius 3 is 2.85 bits per heavy atom. The molecule has 0 amide bonds. The van der Waals surface area contributed by atoms with E-state index in [9.17, 15) is 10.1 Å². The summed E-state index contributed by atoms with van der Waals surface area (Å²) in [4.78, 5) is 18.5. The van der Waals surface area contributed by atoms with Gasteiger partial charge >= 0.3 is 0 Å². The summed E-state index contributed by atoms with van der Waals surface area (Å²) in [6.07, 6.45) is 1.99. The van der Waals surface area contributed by atoms with Crippen LogP contribution in [0.1, 0.15) is 13.8 Å². The predicted octanol–water partition coefficient (Wildman–Crippen LogP) is 3.57. The first-order chi connectivity index (χ1) is 9.47. The van der Waals surface area contributed by atoms with Gasteiger partial charge in [0.15, 0.2) is 0 Å². The summed E-state index contributed by atoms with van der Waals surface area (Å²) in [6, 6.07) is 4.40. The number of benzene rings is 1. The lowest BCUT2D eigenvalue weighted by molar-refractivity contribution is -0.384. The Balaban J connectivity index is 2.47. The molecule has 0 saturated carbocycles. The molecule has 2 aromatic rings. The summed E-state index contributed by atoms with van der Waals surface area (Å²) in [5, 5.41) is 14.6. The Kier molecular flexibility index (Phi) is 4.14. The fraction of sp³-hybridized carbons (Fsp3) is 0.231. The number of nitrogens with one attached hydrogen (secondary N) is 1. The summed E-state index contributed by atoms with van der Waals surface area (Å²) >= 11 is 5.86. The van der Waals surface area contributed by atoms with Crippen molar-refractivity contribution in [3.63, 3.8) is 0 Å². The van der Waals surface area contributed by atoms with Crippen LogP contribution in [-0.2, 0) is 0 Å². The van der Waals surface area contributed by atoms with Gasteiger partial charge in [0.2, 0.25) is 5.28 Å². The van der Waals surface area contributed by atoms with Crippen molar-refractivity contribution < 1.29 is 4.92 Å². The number of non-ortho nitro benzene ring substituents is 1. The normalized spacial score (nSPS) is 10.3. The Labute approximate surface area is 120 Å². The molecule has 0 aliphatic rings. The van der Waals surface area contributed by atoms with Crippen molar-refractivity contribution in [1.29, 1.82) is 0 Å². The molecule has 104 valence electrons. The molecule has 2 rings (SSSR count). The van der Waals surface area contributed by atoms with E-state index < -0.39 is 4.92 Å². The van der Waals surface area contributed by atoms with E-state index in [4.69, 9.17) is 11.6 Å². The van der Waals surface area contributed by atoms with Gasteiger partial charge < -0.3 is 5.32 Å². The number of halogens is 1. The summed E-state index contributed by atoms with van der Waals surface area (Å²) in [5.41, 5.74) is 1.72. The van der Waals surface area contributed by atoms with Gasteiger partial charge in [0.1, 0.15) is 5.82 Å². The van der Waals surface area contributed by atoms with Crippen molar-refractivity contribution in [2.75, 3.05) is 11.9 Å². The molecule has 7 heteroatoms. The maximum absolute atomic E-state index is 10.8. The Morgan fingerprint density at radius 1 is 1.45 bits per heavy atom. The first-order valence-corrected chi connectivity index (χ1v) is 6.34. The van der Waals surface area contributed by atoms with Gasteiger partial charge in [0.05, 0.1) is 10.4 Å². The van der Waals surface area contributed by atoms with Gasteiger partial charge in [-0.1, -0.05) is 11.6 Å². The number of nitro groups is 1. The quantitative estimate of drug-likeness (QED) is 0.403. The molecule has 1 aromatic heterocycles. The van der Waals surface area contributed by atoms with Crippen molar-refractivity contribution in [3.8, 4) is 0 Å². The van der Waals surface area contributed by atoms with Gasteiger partial charge in [-0.2, -0.15) is 0 Å². The van der Waals surface area contributed by atoms with Gasteiger partial charge in [-0.25, -0.2) is 9.97 Å². The third kappa shape index (κ3) is 3.21. The van der Waals surface area contributed by atoms with Crippen molar-refractivity contribution in [3.05, 3.63) is 45.2 Å². The molecule has 0 bridgehead atoms. The molecule has 0 spiro atoms. The molecule has 20 heavy (non-hydrogen) atoms. The number of anilines is 1. The zero-order valence-corrected chi connectivity index (χ0v) is 11.8. The van der Waals surface area contributed by atoms with Crippen LogP contribution in [0.3, 0.4) is 0 Å². The monoisotopic (exact) mass is 292 g/mol. The van der Waals surface area contributed by atoms with E-state index in [1.54, 1.807) is 6.07 Å². The van der Waals surface area contributed by atoms with E-state index >= 15 is 0 Å². The van der Waals surface area contributed by atoms with E-state index in [1.807, 2.05) is 19.9 Å². The molecule has 1 aromatic carbocycles. The topological polar surface area (TPSA) is 81.0 Å². The highest BCUT2D eigenvalue weighted by Crippen LogP contribution is 2.26. The zero-order chi connectivity index (χ0) is 14.7. The predicted molar refractivity (Wildman–Crippen MR) is 79.1 cm³/mol. The van der Waals surface area contributed by atoms with E-state index in [0.29, 0.717) is 23.3 Å². The third-order valence-electron chi connectivity index (χ3n) is 2.64. The minimum absolute atomic E-state index is 0.00585. The molecular formula is C13H13ClN4O2. The average molecular weight is 293 g/mol. The molecule has 0 fully saturated rings. The van der Waals surface area contributed by atoms with E-state index in [2.05, 4.69) is 15.3 Å². The van der Waals surface area contributed by atoms with Crippen molar-refractivity contribution in [2.45, 2.75) is 13.8 Å². The molecule has 0 aliphatic heterocycles. The van der Waals surface area contributed by atoms with Gasteiger partial charge in [-0.15, -0.1) is 0 Å². The molecule has 0 saturated heterocycles. The lowest BCUT2D eigenvalue weighted by Crippen LogP contribution is -2.03. The van der Waals surface area contributed by atoms with Crippen LogP contribution in [0.5, 0.6) is 0 Å². The smallest absolute Gasteiger partial charge is 0.270 e. The maximum atomic E-state index is 10.8. The first-order valence-electron chi connectivity index (χ1n) is 5.96. The molecule has 1 heterocycles. The number of hydrogen-bond acceptors (Lipinski definition) is 5. The summed E-state index contributed by atoms with van der Waals surface area (Å²) < 4.78 is 0. The minimum Gasteiger partial charge on any atom is -0.366 e. The fourth-order valence-corrected chi connectivity index (χ4v) is 1.86. The molecule has 0 aliphatic carbocycles. The maximum Gasteiger partial charge on any atom is 0.270 e. The Bertz CT molecular complexity index is 696. The van der Waals surface area contributed by atoms with Crippen LogP contribution in [0.4, 0.5) is 11.5 Å². The molecule has 0 atom stereocenters. The van der Waals surface area contributed by atoms with Crippen molar-refractivity contribution >= 4 is 34.0 Å². The average Bonchev–Trinajstić information content (AvgIpc) is 2.37. The van der Waals surface area contributed by atoms with Crippen LogP contribution in [0.15, 0.2) is 29.8 Å². The molecular weight excluding hydrogens is 280 g/mol. The highest BCUT2D eigenvalue weighted by atomic mass is 35.5. The number of aromatic nitrogens is 2. The van der Waals surface area contributed by atoms with Crippen LogP contribution < -0.4 is 5.32 Å². The second kappa shape index (κ2) is 5.83. The van der Waals surface area contributed by atoms with Gasteiger partial charge in [0, 0.05) is 24.1 Å². The van der Waals surface area contributed by atoms with Crippen LogP contribution in [-0.4, -0.2) is 21.4 Å². The molecule has 0 radical (unpaired) electrons. The highest BCUT2D eigenvalue weighted by molar-refractivity contribution is 6.28. The highest BCUT2D eigenvalue weighted by Gasteiger charge is 2.11. The molecule has 6 nitrogen and oxygen atoms in total. The van der Waals surface area contributed by atoms with E-state index in [0.717, 1.165) is 5.57 Å². The lowest BCUT2D eigenvalue weighted by atomic mass is 10.2. The fourth-order valence-electron chi connectivity index (χ4n) is 1.69. The van der Waals surface area contributed by atoms with Crippen LogP contribution >= 0.6 is 11.6 Å². The van der Waals surface area contributed by atoms with Crippen LogP contribution in [0, 0.1) is 10.1 Å². The number of nitrogens with zero attached hydrogens (tertiary/aromatic N) is 3. The minimum atomic E-state index is -0.450. The van der Waals surface area contributed by atoms with Crippen LogP contribution in [0.25, 0.3) is 10.9 Å². The number of rotatable bonds is 4. The van der Waals surface area contributed by atoms with Crippen LogP contribution in [0.2, 0.25) is 5.28 Å². The second-order valence-corrected chi connectivity index (χ2v) is 4.80. The largest absolute Gasteiger partial charge is 0.366 e. The van der Waals surface area contributed by atoms with Crippen molar-refractivity contribution in [1.82, 2.24) is 9.97 Å². The van der Waals surface area contributed by atoms with Gasteiger partial charge in [-0.05, 0) is 31.5 Å². The zero-order valence-electron chi connectivity index (χ0n) is 11.1. The number of fused-ring (bicyclic) bond motifs is 1. The van der Waals surface area contributed by atoms with Gasteiger partial charge in [0.25, 0.3) is 5.69 Å². The SMILES string of the molecule is CC(C)=CCNc1nc(Cl)nc2ccc([N+](=O)[O-])cc12. The number of nitro benzene ring substituents is 1. The molecule has 0 unspecified atom stereocenters. The third-order valence-corrected chi connectivity index (χ3v) is 2.81. The van der Waals surface area contributed by atoms with Gasteiger partial charge in [-0.3, -0.25) is 10.1 Å². The Morgan fingerprint density at radius 2 is 2.20 bits per heavy atom. The second-order valence-electron chi connectivity index (χ2n) is 4.46. The summed E-state index contributed by atoms with van der Waals surface area (Å²) in [5.74, 6) is 0.487.